The molecule has 1 aromatic rings. The standard InChI is InChI=1S/C12H21N3O4/c1-4-19-8-5-7-15-10(6-9-17-2)11(13-14-15)12(16)18-3/h4-9H2,1-3H3. The minimum absolute atomic E-state index is 0.260. The zero-order valence-corrected chi connectivity index (χ0v) is 11.7. The number of carbonyl (C=O) groups excluding carboxylic acids is 1. The molecule has 0 radical (unpaired) electrons. The average molecular weight is 271 g/mol. The van der Waals surface area contributed by atoms with Gasteiger partial charge in [0, 0.05) is 33.3 Å². The molecule has 0 amide bonds. The lowest BCUT2D eigenvalue weighted by Crippen LogP contribution is -2.13. The summed E-state index contributed by atoms with van der Waals surface area (Å²) in [5.74, 6) is -0.470. The molecule has 0 saturated carbocycles. The van der Waals surface area contributed by atoms with Gasteiger partial charge in [0.25, 0.3) is 0 Å². The minimum Gasteiger partial charge on any atom is -0.464 e. The van der Waals surface area contributed by atoms with Gasteiger partial charge in [0.15, 0.2) is 5.69 Å². The van der Waals surface area contributed by atoms with Crippen molar-refractivity contribution in [1.82, 2.24) is 15.0 Å². The minimum atomic E-state index is -0.470. The molecule has 19 heavy (non-hydrogen) atoms. The normalized spacial score (nSPS) is 10.7. The Morgan fingerprint density at radius 3 is 2.74 bits per heavy atom. The van der Waals surface area contributed by atoms with Crippen LogP contribution in [0.3, 0.4) is 0 Å². The predicted molar refractivity (Wildman–Crippen MR) is 68.1 cm³/mol. The van der Waals surface area contributed by atoms with Crippen molar-refractivity contribution >= 4 is 5.97 Å². The molecule has 0 aromatic carbocycles. The van der Waals surface area contributed by atoms with Crippen LogP contribution in [0.4, 0.5) is 0 Å². The maximum atomic E-state index is 11.6. The fraction of sp³-hybridized carbons (Fsp3) is 0.750. The van der Waals surface area contributed by atoms with E-state index in [1.165, 1.54) is 7.11 Å². The molecule has 0 atom stereocenters. The van der Waals surface area contributed by atoms with Crippen LogP contribution in [-0.4, -0.2) is 55.0 Å². The first kappa shape index (κ1) is 15.6. The number of aromatic nitrogens is 3. The molecule has 0 N–H and O–H groups in total. The predicted octanol–water partition coefficient (Wildman–Crippen LogP) is 0.680. The summed E-state index contributed by atoms with van der Waals surface area (Å²) in [5, 5.41) is 7.87. The zero-order valence-electron chi connectivity index (χ0n) is 11.7. The summed E-state index contributed by atoms with van der Waals surface area (Å²) in [4.78, 5) is 11.6. The highest BCUT2D eigenvalue weighted by atomic mass is 16.5. The van der Waals surface area contributed by atoms with E-state index in [0.29, 0.717) is 32.8 Å². The lowest BCUT2D eigenvalue weighted by Gasteiger charge is -2.07. The zero-order chi connectivity index (χ0) is 14.1. The largest absolute Gasteiger partial charge is 0.464 e. The molecule has 0 bridgehead atoms. The fourth-order valence-electron chi connectivity index (χ4n) is 1.67. The Bertz CT molecular complexity index is 392. The lowest BCUT2D eigenvalue weighted by atomic mass is 10.2. The molecule has 0 fully saturated rings. The second-order valence-corrected chi connectivity index (χ2v) is 3.89. The van der Waals surface area contributed by atoms with Crippen molar-refractivity contribution in [2.24, 2.45) is 0 Å². The average Bonchev–Trinajstić information content (AvgIpc) is 2.83. The monoisotopic (exact) mass is 271 g/mol. The molecule has 0 unspecified atom stereocenters. The van der Waals surface area contributed by atoms with Gasteiger partial charge >= 0.3 is 5.97 Å². The summed E-state index contributed by atoms with van der Waals surface area (Å²) in [6.45, 7) is 4.47. The third kappa shape index (κ3) is 4.60. The van der Waals surface area contributed by atoms with Crippen LogP contribution >= 0.6 is 0 Å². The van der Waals surface area contributed by atoms with Gasteiger partial charge in [0.2, 0.25) is 0 Å². The Balaban J connectivity index is 2.72. The van der Waals surface area contributed by atoms with E-state index in [0.717, 1.165) is 12.1 Å². The topological polar surface area (TPSA) is 75.5 Å². The van der Waals surface area contributed by atoms with Crippen LogP contribution in [0.25, 0.3) is 0 Å². The lowest BCUT2D eigenvalue weighted by molar-refractivity contribution is 0.0592. The molecule has 0 aliphatic heterocycles. The van der Waals surface area contributed by atoms with Crippen molar-refractivity contribution in [2.45, 2.75) is 26.3 Å². The molecule has 1 rings (SSSR count). The molecule has 0 aliphatic rings. The molecule has 1 heterocycles. The number of nitrogens with zero attached hydrogens (tertiary/aromatic N) is 3. The Hall–Kier alpha value is -1.47. The smallest absolute Gasteiger partial charge is 0.360 e. The summed E-state index contributed by atoms with van der Waals surface area (Å²) in [5.41, 5.74) is 1.00. The highest BCUT2D eigenvalue weighted by Gasteiger charge is 2.19. The van der Waals surface area contributed by atoms with Gasteiger partial charge in [-0.05, 0) is 13.3 Å². The molecule has 0 aliphatic carbocycles. The fourth-order valence-corrected chi connectivity index (χ4v) is 1.67. The highest BCUT2D eigenvalue weighted by Crippen LogP contribution is 2.09. The number of carbonyl (C=O) groups is 1. The van der Waals surface area contributed by atoms with Crippen LogP contribution in [0.1, 0.15) is 29.5 Å². The molecular weight excluding hydrogens is 250 g/mol. The van der Waals surface area contributed by atoms with Crippen LogP contribution in [0.2, 0.25) is 0 Å². The van der Waals surface area contributed by atoms with Gasteiger partial charge in [-0.3, -0.25) is 0 Å². The van der Waals surface area contributed by atoms with Crippen LogP contribution in [0, 0.1) is 0 Å². The Kier molecular flexibility index (Phi) is 7.06. The van der Waals surface area contributed by atoms with Crippen molar-refractivity contribution in [3.05, 3.63) is 11.4 Å². The van der Waals surface area contributed by atoms with Crippen molar-refractivity contribution < 1.29 is 19.0 Å². The van der Waals surface area contributed by atoms with E-state index in [1.54, 1.807) is 11.8 Å². The van der Waals surface area contributed by atoms with E-state index in [4.69, 9.17) is 14.2 Å². The van der Waals surface area contributed by atoms with Gasteiger partial charge in [0.05, 0.1) is 19.4 Å². The van der Waals surface area contributed by atoms with E-state index in [9.17, 15) is 4.79 Å². The Morgan fingerprint density at radius 1 is 1.32 bits per heavy atom. The van der Waals surface area contributed by atoms with E-state index in [2.05, 4.69) is 10.3 Å². The second kappa shape index (κ2) is 8.60. The summed E-state index contributed by atoms with van der Waals surface area (Å²) in [6, 6.07) is 0. The first-order valence-corrected chi connectivity index (χ1v) is 6.31. The van der Waals surface area contributed by atoms with Crippen molar-refractivity contribution in [1.29, 1.82) is 0 Å². The summed E-state index contributed by atoms with van der Waals surface area (Å²) >= 11 is 0. The summed E-state index contributed by atoms with van der Waals surface area (Å²) in [6.07, 6.45) is 1.39. The van der Waals surface area contributed by atoms with Gasteiger partial charge in [0.1, 0.15) is 0 Å². The molecule has 1 aromatic heterocycles. The van der Waals surface area contributed by atoms with Crippen LogP contribution < -0.4 is 0 Å². The number of ether oxygens (including phenoxy) is 3. The van der Waals surface area contributed by atoms with Crippen molar-refractivity contribution in [2.75, 3.05) is 34.0 Å². The first-order valence-electron chi connectivity index (χ1n) is 6.31. The van der Waals surface area contributed by atoms with Crippen molar-refractivity contribution in [3.8, 4) is 0 Å². The maximum Gasteiger partial charge on any atom is 0.360 e. The SMILES string of the molecule is CCOCCCn1nnc(C(=O)OC)c1CCOC. The Morgan fingerprint density at radius 2 is 2.11 bits per heavy atom. The highest BCUT2D eigenvalue weighted by molar-refractivity contribution is 5.88. The second-order valence-electron chi connectivity index (χ2n) is 3.89. The number of hydrogen-bond acceptors (Lipinski definition) is 6. The summed E-state index contributed by atoms with van der Waals surface area (Å²) < 4.78 is 16.7. The molecule has 7 heteroatoms. The van der Waals surface area contributed by atoms with Gasteiger partial charge < -0.3 is 14.2 Å². The van der Waals surface area contributed by atoms with E-state index in [-0.39, 0.29) is 5.69 Å². The molecule has 0 spiro atoms. The maximum absolute atomic E-state index is 11.6. The van der Waals surface area contributed by atoms with Crippen molar-refractivity contribution in [3.63, 3.8) is 0 Å². The van der Waals surface area contributed by atoms with E-state index >= 15 is 0 Å². The third-order valence-corrected chi connectivity index (χ3v) is 2.62. The number of hydrogen-bond donors (Lipinski definition) is 0. The van der Waals surface area contributed by atoms with Gasteiger partial charge in [-0.2, -0.15) is 0 Å². The number of aryl methyl sites for hydroxylation is 1. The van der Waals surface area contributed by atoms with Gasteiger partial charge in [-0.1, -0.05) is 5.21 Å². The van der Waals surface area contributed by atoms with Crippen LogP contribution in [0.15, 0.2) is 0 Å². The third-order valence-electron chi connectivity index (χ3n) is 2.62. The van der Waals surface area contributed by atoms with Crippen LogP contribution in [-0.2, 0) is 27.2 Å². The van der Waals surface area contributed by atoms with Gasteiger partial charge in [-0.15, -0.1) is 5.10 Å². The molecule has 108 valence electrons. The van der Waals surface area contributed by atoms with Crippen LogP contribution in [0.5, 0.6) is 0 Å². The van der Waals surface area contributed by atoms with E-state index in [1.807, 2.05) is 6.92 Å². The van der Waals surface area contributed by atoms with Gasteiger partial charge in [-0.25, -0.2) is 9.48 Å². The summed E-state index contributed by atoms with van der Waals surface area (Å²) in [7, 11) is 2.94. The van der Waals surface area contributed by atoms with E-state index < -0.39 is 5.97 Å². The molecular formula is C12H21N3O4. The number of esters is 1. The molecule has 7 nitrogen and oxygen atoms in total. The quantitative estimate of drug-likeness (QED) is 0.485. The molecule has 0 saturated heterocycles. The number of rotatable bonds is 9. The Labute approximate surface area is 112 Å². The number of methoxy groups -OCH3 is 2. The first-order chi connectivity index (χ1) is 9.24.